The van der Waals surface area contributed by atoms with Crippen molar-refractivity contribution in [2.75, 3.05) is 11.9 Å². The molecule has 1 aromatic heterocycles. The zero-order valence-electron chi connectivity index (χ0n) is 13.6. The first-order valence-electron chi connectivity index (χ1n) is 7.89. The number of anilines is 1. The number of aliphatic hydroxyl groups excluding tert-OH is 4. The molecule has 0 amide bonds. The lowest BCUT2D eigenvalue weighted by Crippen LogP contribution is -2.61. The molecule has 3 rings (SSSR count). The Morgan fingerprint density at radius 1 is 1.15 bits per heavy atom. The smallest absolute Gasteiger partial charge is 0.256 e. The molecule has 1 aromatic carbocycles. The fraction of sp³-hybridized carbons (Fsp3) is 0.467. The molecule has 0 saturated carbocycles. The van der Waals surface area contributed by atoms with Gasteiger partial charge in [0.2, 0.25) is 0 Å². The summed E-state index contributed by atoms with van der Waals surface area (Å²) >= 11 is 4.22. The van der Waals surface area contributed by atoms with Gasteiger partial charge in [-0.05, 0) is 29.5 Å². The number of benzene rings is 1. The van der Waals surface area contributed by atoms with Crippen LogP contribution in [-0.2, 0) is 11.3 Å². The second-order valence-electron chi connectivity index (χ2n) is 5.82. The van der Waals surface area contributed by atoms with Crippen molar-refractivity contribution in [2.24, 2.45) is 0 Å². The molecule has 0 aliphatic carbocycles. The molecule has 2 heterocycles. The van der Waals surface area contributed by atoms with Crippen LogP contribution in [0.1, 0.15) is 5.69 Å². The van der Waals surface area contributed by atoms with Crippen molar-refractivity contribution < 1.29 is 30.0 Å². The van der Waals surface area contributed by atoms with Crippen molar-refractivity contribution in [3.8, 4) is 0 Å². The van der Waals surface area contributed by atoms with Crippen LogP contribution in [0.5, 0.6) is 0 Å². The van der Waals surface area contributed by atoms with Crippen LogP contribution in [0.25, 0.3) is 0 Å². The van der Waals surface area contributed by atoms with Crippen LogP contribution in [0, 0.1) is 0 Å². The van der Waals surface area contributed by atoms with Gasteiger partial charge in [0.05, 0.1) is 19.3 Å². The molecule has 1 aliphatic rings. The summed E-state index contributed by atoms with van der Waals surface area (Å²) in [5.41, 5.74) is 1.44. The fourth-order valence-electron chi connectivity index (χ4n) is 2.45. The summed E-state index contributed by atoms with van der Waals surface area (Å²) < 4.78 is 5.24. The van der Waals surface area contributed by atoms with Gasteiger partial charge in [0.15, 0.2) is 0 Å². The van der Waals surface area contributed by atoms with Gasteiger partial charge in [-0.3, -0.25) is 0 Å². The molecule has 0 spiro atoms. The lowest BCUT2D eigenvalue weighted by molar-refractivity contribution is -0.303. The van der Waals surface area contributed by atoms with Gasteiger partial charge in [0.1, 0.15) is 30.1 Å². The Morgan fingerprint density at radius 2 is 1.88 bits per heavy atom. The van der Waals surface area contributed by atoms with E-state index in [1.807, 2.05) is 24.3 Å². The number of hydrogen-bond acceptors (Lipinski definition) is 10. The van der Waals surface area contributed by atoms with Crippen molar-refractivity contribution in [3.05, 3.63) is 36.2 Å². The zero-order valence-corrected chi connectivity index (χ0v) is 14.5. The van der Waals surface area contributed by atoms with E-state index in [-0.39, 0.29) is 0 Å². The molecule has 0 bridgehead atoms. The number of ether oxygens (including phenoxy) is 1. The number of nitrogens with zero attached hydrogens (tertiary/aromatic N) is 3. The Labute approximate surface area is 154 Å². The van der Waals surface area contributed by atoms with E-state index < -0.39 is 37.3 Å². The number of aromatic nitrogens is 3. The molecule has 1 aliphatic heterocycles. The van der Waals surface area contributed by atoms with Crippen molar-refractivity contribution in [3.63, 3.8) is 0 Å². The predicted molar refractivity (Wildman–Crippen MR) is 91.4 cm³/mol. The van der Waals surface area contributed by atoms with Gasteiger partial charge in [-0.15, -0.1) is 17.7 Å². The topological polar surface area (TPSA) is 142 Å². The normalized spacial score (nSPS) is 28.7. The number of thiol groups is 1. The highest BCUT2D eigenvalue weighted by Crippen LogP contribution is 2.20. The predicted octanol–water partition coefficient (Wildman–Crippen LogP) is -1.59. The zero-order chi connectivity index (χ0) is 18.7. The summed E-state index contributed by atoms with van der Waals surface area (Å²) in [6, 6.07) is 7.45. The highest BCUT2D eigenvalue weighted by atomic mass is 32.1. The van der Waals surface area contributed by atoms with Gasteiger partial charge in [0.25, 0.3) is 6.29 Å². The third-order valence-corrected chi connectivity index (χ3v) is 4.22. The summed E-state index contributed by atoms with van der Waals surface area (Å²) in [6.45, 7) is -0.160. The molecule has 5 atom stereocenters. The monoisotopic (exact) mass is 384 g/mol. The van der Waals surface area contributed by atoms with Gasteiger partial charge in [0, 0.05) is 10.6 Å². The molecule has 0 unspecified atom stereocenters. The molecular weight excluding hydrogens is 364 g/mol. The summed E-state index contributed by atoms with van der Waals surface area (Å²) in [7, 11) is 0. The fourth-order valence-corrected chi connectivity index (χ4v) is 2.60. The minimum atomic E-state index is -1.52. The van der Waals surface area contributed by atoms with Gasteiger partial charge in [-0.25, -0.2) is 0 Å². The van der Waals surface area contributed by atoms with Crippen molar-refractivity contribution in [1.82, 2.24) is 15.2 Å². The molecule has 5 N–H and O–H groups in total. The third-order valence-electron chi connectivity index (χ3n) is 3.92. The average molecular weight is 384 g/mol. The van der Waals surface area contributed by atoms with E-state index in [1.165, 1.54) is 6.20 Å². The summed E-state index contributed by atoms with van der Waals surface area (Å²) in [4.78, 5) is 7.16. The van der Waals surface area contributed by atoms with E-state index in [2.05, 4.69) is 28.3 Å². The third kappa shape index (κ3) is 4.26. The van der Waals surface area contributed by atoms with Crippen LogP contribution in [0.2, 0.25) is 0 Å². The van der Waals surface area contributed by atoms with Crippen LogP contribution in [-0.4, -0.2) is 72.9 Å². The minimum Gasteiger partial charge on any atom is -0.394 e. The maximum Gasteiger partial charge on any atom is 0.256 e. The Hall–Kier alpha value is -1.89. The number of nitrogens with one attached hydrogen (secondary N) is 1. The van der Waals surface area contributed by atoms with Crippen molar-refractivity contribution in [2.45, 2.75) is 42.1 Å². The molecule has 10 nitrogen and oxygen atoms in total. The summed E-state index contributed by atoms with van der Waals surface area (Å²) in [5, 5.41) is 49.4. The number of aliphatic hydroxyl groups is 4. The van der Waals surface area contributed by atoms with Crippen LogP contribution in [0.15, 0.2) is 35.4 Å². The Bertz CT molecular complexity index is 712. The first-order valence-corrected chi connectivity index (χ1v) is 8.34. The van der Waals surface area contributed by atoms with Crippen LogP contribution in [0.4, 0.5) is 5.69 Å². The van der Waals surface area contributed by atoms with E-state index in [0.717, 1.165) is 15.4 Å². The molecule has 2 aromatic rings. The second-order valence-corrected chi connectivity index (χ2v) is 6.33. The largest absolute Gasteiger partial charge is 0.394 e. The molecular formula is C15H20N4O6S. The number of rotatable bonds is 6. The highest BCUT2D eigenvalue weighted by Gasteiger charge is 2.45. The van der Waals surface area contributed by atoms with E-state index in [4.69, 9.17) is 14.7 Å². The first kappa shape index (κ1) is 18.9. The van der Waals surface area contributed by atoms with Crippen LogP contribution in [0.3, 0.4) is 0 Å². The van der Waals surface area contributed by atoms with E-state index >= 15 is 0 Å². The van der Waals surface area contributed by atoms with Crippen molar-refractivity contribution in [1.29, 1.82) is 0 Å². The minimum absolute atomic E-state index is 0.379. The van der Waals surface area contributed by atoms with E-state index in [0.29, 0.717) is 12.2 Å². The molecule has 1 saturated heterocycles. The summed E-state index contributed by atoms with van der Waals surface area (Å²) in [6.07, 6.45) is -5.40. The van der Waals surface area contributed by atoms with Gasteiger partial charge >= 0.3 is 0 Å². The van der Waals surface area contributed by atoms with Crippen LogP contribution >= 0.6 is 12.6 Å². The van der Waals surface area contributed by atoms with Crippen molar-refractivity contribution >= 4 is 18.3 Å². The van der Waals surface area contributed by atoms with Gasteiger partial charge < -0.3 is 35.3 Å². The lowest BCUT2D eigenvalue weighted by Gasteiger charge is -2.38. The standard InChI is InChI=1S/C15H20N4O6S/c20-7-11-12(21)13(22)14(23)15(24-11)25-19-6-9(17-18-19)5-16-8-1-3-10(26)4-2-8/h1-4,6,11-16,20-23,26H,5,7H2/t11-,12-,13+,14+,15+/m1/s1. The Balaban J connectivity index is 1.58. The summed E-state index contributed by atoms with van der Waals surface area (Å²) in [5.74, 6) is 0. The van der Waals surface area contributed by atoms with Gasteiger partial charge in [-0.2, -0.15) is 0 Å². The highest BCUT2D eigenvalue weighted by molar-refractivity contribution is 7.80. The van der Waals surface area contributed by atoms with E-state index in [1.54, 1.807) is 0 Å². The molecule has 11 heteroatoms. The second kappa shape index (κ2) is 8.20. The lowest BCUT2D eigenvalue weighted by atomic mass is 9.99. The van der Waals surface area contributed by atoms with E-state index in [9.17, 15) is 15.3 Å². The van der Waals surface area contributed by atoms with Crippen LogP contribution < -0.4 is 10.2 Å². The maximum atomic E-state index is 9.94. The quantitative estimate of drug-likeness (QED) is 0.325. The number of hydrogen-bond donors (Lipinski definition) is 6. The first-order chi connectivity index (χ1) is 12.5. The Morgan fingerprint density at radius 3 is 2.58 bits per heavy atom. The molecule has 1 fully saturated rings. The Kier molecular flexibility index (Phi) is 5.96. The molecule has 26 heavy (non-hydrogen) atoms. The maximum absolute atomic E-state index is 9.94. The molecule has 0 radical (unpaired) electrons. The SMILES string of the molecule is OC[C@H]1O[C@@H](On2cc(CNc3ccc(S)cc3)nn2)[C@@H](O)[C@@H](O)[C@@H]1O. The van der Waals surface area contributed by atoms with Gasteiger partial charge in [-0.1, -0.05) is 4.85 Å². The average Bonchev–Trinajstić information content (AvgIpc) is 3.09. The molecule has 142 valence electrons.